The van der Waals surface area contributed by atoms with E-state index in [1.165, 1.54) is 6.08 Å². The van der Waals surface area contributed by atoms with Gasteiger partial charge < -0.3 is 20.4 Å². The lowest BCUT2D eigenvalue weighted by atomic mass is 10.0. The standard InChI is InChI=1S/C11H20O4/c1-2-4-9(7-12)5-3-6-10(14)11(15)8-13/h2-4,6,9-15H,5,7-8H2,1H3. The van der Waals surface area contributed by atoms with E-state index in [1.807, 2.05) is 19.1 Å². The fourth-order valence-electron chi connectivity index (χ4n) is 1.12. The number of allylic oxidation sites excluding steroid dienone is 2. The summed E-state index contributed by atoms with van der Waals surface area (Å²) in [6.07, 6.45) is 5.23. The molecule has 0 aliphatic carbocycles. The van der Waals surface area contributed by atoms with Crippen LogP contribution in [0.3, 0.4) is 0 Å². The van der Waals surface area contributed by atoms with Gasteiger partial charge in [-0.05, 0) is 13.3 Å². The minimum atomic E-state index is -1.14. The van der Waals surface area contributed by atoms with Gasteiger partial charge in [-0.15, -0.1) is 0 Å². The topological polar surface area (TPSA) is 80.9 Å². The van der Waals surface area contributed by atoms with Crippen LogP contribution in [-0.2, 0) is 0 Å². The van der Waals surface area contributed by atoms with Crippen LogP contribution in [0.25, 0.3) is 0 Å². The molecule has 0 fully saturated rings. The second-order valence-corrected chi connectivity index (χ2v) is 3.37. The molecule has 3 atom stereocenters. The Balaban J connectivity index is 3.96. The first-order valence-electron chi connectivity index (χ1n) is 5.03. The Labute approximate surface area is 90.2 Å². The van der Waals surface area contributed by atoms with Crippen molar-refractivity contribution in [3.8, 4) is 0 Å². The summed E-state index contributed by atoms with van der Waals surface area (Å²) in [7, 11) is 0. The van der Waals surface area contributed by atoms with Crippen molar-refractivity contribution in [1.82, 2.24) is 0 Å². The predicted octanol–water partition coefficient (Wildman–Crippen LogP) is -0.169. The molecular weight excluding hydrogens is 196 g/mol. The van der Waals surface area contributed by atoms with Gasteiger partial charge in [0.1, 0.15) is 12.2 Å². The lowest BCUT2D eigenvalue weighted by Crippen LogP contribution is -2.27. The summed E-state index contributed by atoms with van der Waals surface area (Å²) in [6.45, 7) is 1.45. The molecule has 0 saturated carbocycles. The second-order valence-electron chi connectivity index (χ2n) is 3.37. The number of aliphatic hydroxyl groups is 4. The van der Waals surface area contributed by atoms with E-state index < -0.39 is 18.8 Å². The van der Waals surface area contributed by atoms with Crippen LogP contribution in [0.5, 0.6) is 0 Å². The summed E-state index contributed by atoms with van der Waals surface area (Å²) < 4.78 is 0. The molecule has 4 nitrogen and oxygen atoms in total. The van der Waals surface area contributed by atoms with E-state index in [4.69, 9.17) is 15.3 Å². The van der Waals surface area contributed by atoms with Crippen LogP contribution >= 0.6 is 0 Å². The highest BCUT2D eigenvalue weighted by Crippen LogP contribution is 2.06. The smallest absolute Gasteiger partial charge is 0.106 e. The molecule has 0 aliphatic heterocycles. The molecule has 0 rings (SSSR count). The average molecular weight is 216 g/mol. The molecule has 0 heterocycles. The summed E-state index contributed by atoms with van der Waals surface area (Å²) in [5, 5.41) is 35.8. The maximum Gasteiger partial charge on any atom is 0.106 e. The normalized spacial score (nSPS) is 18.5. The van der Waals surface area contributed by atoms with Crippen LogP contribution in [-0.4, -0.2) is 45.8 Å². The molecule has 0 saturated heterocycles. The van der Waals surface area contributed by atoms with Crippen LogP contribution in [0.1, 0.15) is 13.3 Å². The zero-order valence-corrected chi connectivity index (χ0v) is 8.95. The van der Waals surface area contributed by atoms with Crippen LogP contribution in [0.15, 0.2) is 24.3 Å². The summed E-state index contributed by atoms with van der Waals surface area (Å²) in [4.78, 5) is 0. The molecule has 0 radical (unpaired) electrons. The third kappa shape index (κ3) is 6.41. The molecule has 0 aliphatic rings. The Morgan fingerprint density at radius 1 is 1.07 bits per heavy atom. The molecule has 4 N–H and O–H groups in total. The Bertz CT molecular complexity index is 201. The van der Waals surface area contributed by atoms with E-state index in [-0.39, 0.29) is 12.5 Å². The van der Waals surface area contributed by atoms with Crippen molar-refractivity contribution in [2.75, 3.05) is 13.2 Å². The lowest BCUT2D eigenvalue weighted by Gasteiger charge is -2.11. The van der Waals surface area contributed by atoms with E-state index >= 15 is 0 Å². The largest absolute Gasteiger partial charge is 0.396 e. The highest BCUT2D eigenvalue weighted by atomic mass is 16.4. The Morgan fingerprint density at radius 3 is 2.20 bits per heavy atom. The highest BCUT2D eigenvalue weighted by Gasteiger charge is 2.10. The Morgan fingerprint density at radius 2 is 1.73 bits per heavy atom. The number of rotatable bonds is 7. The van der Waals surface area contributed by atoms with Crippen molar-refractivity contribution < 1.29 is 20.4 Å². The van der Waals surface area contributed by atoms with Gasteiger partial charge in [0.2, 0.25) is 0 Å². The number of hydrogen-bond donors (Lipinski definition) is 4. The SMILES string of the molecule is CC=CC(CO)CC=CC(O)C(O)CO. The van der Waals surface area contributed by atoms with Crippen LogP contribution in [0.2, 0.25) is 0 Å². The summed E-state index contributed by atoms with van der Waals surface area (Å²) in [5.41, 5.74) is 0. The zero-order valence-electron chi connectivity index (χ0n) is 8.95. The third-order valence-corrected chi connectivity index (χ3v) is 2.05. The Kier molecular flexibility index (Phi) is 8.22. The average Bonchev–Trinajstić information content (AvgIpc) is 2.26. The predicted molar refractivity (Wildman–Crippen MR) is 58.2 cm³/mol. The van der Waals surface area contributed by atoms with Gasteiger partial charge in [-0.1, -0.05) is 24.3 Å². The maximum absolute atomic E-state index is 9.26. The van der Waals surface area contributed by atoms with Crippen molar-refractivity contribution >= 4 is 0 Å². The first kappa shape index (κ1) is 14.3. The van der Waals surface area contributed by atoms with Gasteiger partial charge in [0.25, 0.3) is 0 Å². The van der Waals surface area contributed by atoms with Crippen molar-refractivity contribution in [2.24, 2.45) is 5.92 Å². The molecule has 0 amide bonds. The molecular formula is C11H20O4. The van der Waals surface area contributed by atoms with Crippen molar-refractivity contribution in [3.63, 3.8) is 0 Å². The second kappa shape index (κ2) is 8.61. The maximum atomic E-state index is 9.26. The fraction of sp³-hybridized carbons (Fsp3) is 0.636. The molecule has 0 aromatic heterocycles. The minimum absolute atomic E-state index is 0.0321. The fourth-order valence-corrected chi connectivity index (χ4v) is 1.12. The molecule has 15 heavy (non-hydrogen) atoms. The minimum Gasteiger partial charge on any atom is -0.396 e. The molecule has 88 valence electrons. The number of aliphatic hydroxyl groups excluding tert-OH is 4. The van der Waals surface area contributed by atoms with Gasteiger partial charge >= 0.3 is 0 Å². The van der Waals surface area contributed by atoms with Crippen LogP contribution in [0, 0.1) is 5.92 Å². The van der Waals surface area contributed by atoms with E-state index in [1.54, 1.807) is 6.08 Å². The molecule has 0 spiro atoms. The molecule has 0 aromatic carbocycles. The lowest BCUT2D eigenvalue weighted by molar-refractivity contribution is 0.00933. The van der Waals surface area contributed by atoms with Gasteiger partial charge in [-0.25, -0.2) is 0 Å². The van der Waals surface area contributed by atoms with E-state index in [9.17, 15) is 5.11 Å². The summed E-state index contributed by atoms with van der Waals surface area (Å²) in [6, 6.07) is 0. The highest BCUT2D eigenvalue weighted by molar-refractivity contribution is 4.96. The molecule has 0 aromatic rings. The summed E-state index contributed by atoms with van der Waals surface area (Å²) in [5.74, 6) is 0.0321. The first-order valence-corrected chi connectivity index (χ1v) is 5.03. The Hall–Kier alpha value is -0.680. The zero-order chi connectivity index (χ0) is 11.7. The van der Waals surface area contributed by atoms with E-state index in [0.29, 0.717) is 6.42 Å². The number of hydrogen-bond acceptors (Lipinski definition) is 4. The molecule has 0 bridgehead atoms. The molecule has 3 unspecified atom stereocenters. The molecule has 4 heteroatoms. The van der Waals surface area contributed by atoms with Gasteiger partial charge in [0.05, 0.1) is 6.61 Å². The van der Waals surface area contributed by atoms with Gasteiger partial charge in [0.15, 0.2) is 0 Å². The van der Waals surface area contributed by atoms with Crippen molar-refractivity contribution in [2.45, 2.75) is 25.6 Å². The third-order valence-electron chi connectivity index (χ3n) is 2.05. The van der Waals surface area contributed by atoms with E-state index in [0.717, 1.165) is 0 Å². The first-order chi connectivity index (χ1) is 7.15. The monoisotopic (exact) mass is 216 g/mol. The van der Waals surface area contributed by atoms with Crippen molar-refractivity contribution in [3.05, 3.63) is 24.3 Å². The van der Waals surface area contributed by atoms with Gasteiger partial charge in [-0.3, -0.25) is 0 Å². The van der Waals surface area contributed by atoms with Gasteiger partial charge in [-0.2, -0.15) is 0 Å². The van der Waals surface area contributed by atoms with Crippen LogP contribution in [0.4, 0.5) is 0 Å². The van der Waals surface area contributed by atoms with E-state index in [2.05, 4.69) is 0 Å². The van der Waals surface area contributed by atoms with Crippen LogP contribution < -0.4 is 0 Å². The van der Waals surface area contributed by atoms with Gasteiger partial charge in [0, 0.05) is 12.5 Å². The summed E-state index contributed by atoms with van der Waals surface area (Å²) >= 11 is 0. The quantitative estimate of drug-likeness (QED) is 0.445. The van der Waals surface area contributed by atoms with Crippen molar-refractivity contribution in [1.29, 1.82) is 0 Å².